The Morgan fingerprint density at radius 1 is 1.08 bits per heavy atom. The first-order valence-electron chi connectivity index (χ1n) is 8.51. The third-order valence-electron chi connectivity index (χ3n) is 3.83. The highest BCUT2D eigenvalue weighted by molar-refractivity contribution is 5.94. The predicted octanol–water partition coefficient (Wildman–Crippen LogP) is 2.92. The molecule has 134 valence electrons. The smallest absolute Gasteiger partial charge is 0.326 e. The van der Waals surface area contributed by atoms with E-state index in [4.69, 9.17) is 4.74 Å². The van der Waals surface area contributed by atoms with Crippen molar-refractivity contribution in [3.05, 3.63) is 66.0 Å². The molecule has 0 atom stereocenters. The van der Waals surface area contributed by atoms with Crippen LogP contribution in [0, 0.1) is 0 Å². The number of benzene rings is 2. The van der Waals surface area contributed by atoms with Crippen LogP contribution in [0.4, 0.5) is 0 Å². The van der Waals surface area contributed by atoms with E-state index in [2.05, 4.69) is 10.3 Å². The van der Waals surface area contributed by atoms with Gasteiger partial charge in [0.15, 0.2) is 0 Å². The third kappa shape index (κ3) is 4.08. The van der Waals surface area contributed by atoms with Crippen LogP contribution >= 0.6 is 0 Å². The zero-order chi connectivity index (χ0) is 18.5. The maximum Gasteiger partial charge on any atom is 0.326 e. The molecule has 0 saturated carbocycles. The quantitative estimate of drug-likeness (QED) is 0.693. The third-order valence-corrected chi connectivity index (χ3v) is 3.83. The van der Waals surface area contributed by atoms with Crippen LogP contribution in [0.1, 0.15) is 30.0 Å². The van der Waals surface area contributed by atoms with Gasteiger partial charge in [-0.25, -0.2) is 4.98 Å². The van der Waals surface area contributed by atoms with Gasteiger partial charge in [-0.15, -0.1) is 0 Å². The lowest BCUT2D eigenvalue weighted by Gasteiger charge is -2.12. The number of amides is 1. The van der Waals surface area contributed by atoms with E-state index in [1.807, 2.05) is 56.3 Å². The van der Waals surface area contributed by atoms with Gasteiger partial charge in [-0.3, -0.25) is 9.59 Å². The van der Waals surface area contributed by atoms with Crippen molar-refractivity contribution in [1.29, 1.82) is 0 Å². The normalized spacial score (nSPS) is 10.9. The van der Waals surface area contributed by atoms with Gasteiger partial charge in [0.1, 0.15) is 12.4 Å². The summed E-state index contributed by atoms with van der Waals surface area (Å²) in [4.78, 5) is 28.9. The van der Waals surface area contributed by atoms with Gasteiger partial charge in [-0.2, -0.15) is 0 Å². The van der Waals surface area contributed by atoms with E-state index in [1.165, 1.54) is 0 Å². The highest BCUT2D eigenvalue weighted by Crippen LogP contribution is 2.16. The molecule has 6 nitrogen and oxygen atoms in total. The number of para-hydroxylation sites is 2. The summed E-state index contributed by atoms with van der Waals surface area (Å²) < 4.78 is 7.03. The summed E-state index contributed by atoms with van der Waals surface area (Å²) in [5, 5.41) is 2.86. The highest BCUT2D eigenvalue weighted by Gasteiger charge is 2.16. The molecule has 0 radical (unpaired) electrons. The molecule has 0 saturated heterocycles. The average molecular weight is 351 g/mol. The molecule has 6 heteroatoms. The van der Waals surface area contributed by atoms with Gasteiger partial charge in [0.05, 0.1) is 23.7 Å². The Kier molecular flexibility index (Phi) is 5.31. The molecule has 0 aliphatic heterocycles. The second kappa shape index (κ2) is 7.82. The topological polar surface area (TPSA) is 73.2 Å². The van der Waals surface area contributed by atoms with Crippen molar-refractivity contribution in [3.8, 4) is 0 Å². The number of esters is 1. The standard InChI is InChI=1S/C20H21N3O3/c1-14(2)26-19(24)13-23-17-11-7-6-10-16(17)22-18(23)12-21-20(25)15-8-4-3-5-9-15/h3-11,14H,12-13H2,1-2H3,(H,21,25). The predicted molar refractivity (Wildman–Crippen MR) is 98.6 cm³/mol. The molecule has 3 rings (SSSR count). The van der Waals surface area contributed by atoms with Crippen molar-refractivity contribution in [2.24, 2.45) is 0 Å². The van der Waals surface area contributed by atoms with E-state index in [1.54, 1.807) is 16.7 Å². The van der Waals surface area contributed by atoms with E-state index in [-0.39, 0.29) is 31.1 Å². The Bertz CT molecular complexity index is 916. The largest absolute Gasteiger partial charge is 0.462 e. The van der Waals surface area contributed by atoms with Crippen molar-refractivity contribution in [3.63, 3.8) is 0 Å². The fraction of sp³-hybridized carbons (Fsp3) is 0.250. The van der Waals surface area contributed by atoms with Crippen LogP contribution in [0.5, 0.6) is 0 Å². The van der Waals surface area contributed by atoms with Crippen LogP contribution in [0.15, 0.2) is 54.6 Å². The van der Waals surface area contributed by atoms with Crippen LogP contribution in [0.3, 0.4) is 0 Å². The van der Waals surface area contributed by atoms with Crippen molar-refractivity contribution in [1.82, 2.24) is 14.9 Å². The molecule has 1 aromatic heterocycles. The number of ether oxygens (including phenoxy) is 1. The molecule has 0 aliphatic carbocycles. The van der Waals surface area contributed by atoms with Crippen LogP contribution in [0.25, 0.3) is 11.0 Å². The Hall–Kier alpha value is -3.15. The van der Waals surface area contributed by atoms with E-state index >= 15 is 0 Å². The summed E-state index contributed by atoms with van der Waals surface area (Å²) >= 11 is 0. The van der Waals surface area contributed by atoms with E-state index in [9.17, 15) is 9.59 Å². The first-order chi connectivity index (χ1) is 12.5. The SMILES string of the molecule is CC(C)OC(=O)Cn1c(CNC(=O)c2ccccc2)nc2ccccc21. The molecule has 2 aromatic carbocycles. The summed E-state index contributed by atoms with van der Waals surface area (Å²) in [6.45, 7) is 3.89. The number of aromatic nitrogens is 2. The van der Waals surface area contributed by atoms with E-state index in [0.29, 0.717) is 11.4 Å². The number of hydrogen-bond donors (Lipinski definition) is 1. The van der Waals surface area contributed by atoms with Crippen LogP contribution in [-0.2, 0) is 22.6 Å². The minimum absolute atomic E-state index is 0.0508. The first kappa shape index (κ1) is 17.7. The first-order valence-corrected chi connectivity index (χ1v) is 8.51. The number of imidazole rings is 1. The van der Waals surface area contributed by atoms with E-state index < -0.39 is 0 Å². The van der Waals surface area contributed by atoms with Crippen molar-refractivity contribution < 1.29 is 14.3 Å². The number of nitrogens with zero attached hydrogens (tertiary/aromatic N) is 2. The molecule has 1 N–H and O–H groups in total. The average Bonchev–Trinajstić information content (AvgIpc) is 2.97. The number of carbonyl (C=O) groups is 2. The Balaban J connectivity index is 1.81. The zero-order valence-corrected chi connectivity index (χ0v) is 14.8. The van der Waals surface area contributed by atoms with Crippen LogP contribution in [-0.4, -0.2) is 27.5 Å². The summed E-state index contributed by atoms with van der Waals surface area (Å²) in [5.74, 6) is 0.0870. The Morgan fingerprint density at radius 2 is 1.77 bits per heavy atom. The molecule has 1 heterocycles. The molecule has 0 spiro atoms. The molecule has 0 aliphatic rings. The number of fused-ring (bicyclic) bond motifs is 1. The molecule has 3 aromatic rings. The van der Waals surface area contributed by atoms with Crippen molar-refractivity contribution >= 4 is 22.9 Å². The van der Waals surface area contributed by atoms with Gasteiger partial charge in [-0.1, -0.05) is 30.3 Å². The molecule has 1 amide bonds. The Labute approximate surface area is 151 Å². The minimum Gasteiger partial charge on any atom is -0.462 e. The number of rotatable bonds is 6. The molecular weight excluding hydrogens is 330 g/mol. The summed E-state index contributed by atoms with van der Waals surface area (Å²) in [6.07, 6.45) is -0.182. The highest BCUT2D eigenvalue weighted by atomic mass is 16.5. The Morgan fingerprint density at radius 3 is 2.50 bits per heavy atom. The maximum atomic E-state index is 12.3. The van der Waals surface area contributed by atoms with Gasteiger partial charge in [-0.05, 0) is 38.1 Å². The second-order valence-corrected chi connectivity index (χ2v) is 6.19. The summed E-state index contributed by atoms with van der Waals surface area (Å²) in [5.41, 5.74) is 2.18. The molecule has 0 unspecified atom stereocenters. The monoisotopic (exact) mass is 351 g/mol. The van der Waals surface area contributed by atoms with Gasteiger partial charge in [0, 0.05) is 5.56 Å². The number of nitrogens with one attached hydrogen (secondary N) is 1. The summed E-state index contributed by atoms with van der Waals surface area (Å²) in [6, 6.07) is 16.5. The zero-order valence-electron chi connectivity index (χ0n) is 14.8. The fourth-order valence-electron chi connectivity index (χ4n) is 2.72. The molecule has 26 heavy (non-hydrogen) atoms. The lowest BCUT2D eigenvalue weighted by atomic mass is 10.2. The number of hydrogen-bond acceptors (Lipinski definition) is 4. The van der Waals surface area contributed by atoms with Gasteiger partial charge < -0.3 is 14.6 Å². The van der Waals surface area contributed by atoms with Crippen molar-refractivity contribution in [2.75, 3.05) is 0 Å². The molecular formula is C20H21N3O3. The van der Waals surface area contributed by atoms with Crippen molar-refractivity contribution in [2.45, 2.75) is 33.0 Å². The lowest BCUT2D eigenvalue weighted by Crippen LogP contribution is -2.26. The van der Waals surface area contributed by atoms with Crippen LogP contribution < -0.4 is 5.32 Å². The fourth-order valence-corrected chi connectivity index (χ4v) is 2.72. The van der Waals surface area contributed by atoms with Gasteiger partial charge in [0.25, 0.3) is 5.91 Å². The van der Waals surface area contributed by atoms with Crippen LogP contribution in [0.2, 0.25) is 0 Å². The van der Waals surface area contributed by atoms with E-state index in [0.717, 1.165) is 11.0 Å². The summed E-state index contributed by atoms with van der Waals surface area (Å²) in [7, 11) is 0. The second-order valence-electron chi connectivity index (χ2n) is 6.19. The molecule has 0 bridgehead atoms. The molecule has 0 fully saturated rings. The maximum absolute atomic E-state index is 12.3. The van der Waals surface area contributed by atoms with Gasteiger partial charge in [0.2, 0.25) is 0 Å². The minimum atomic E-state index is -0.334. The van der Waals surface area contributed by atoms with Gasteiger partial charge >= 0.3 is 5.97 Å². The lowest BCUT2D eigenvalue weighted by molar-refractivity contribution is -0.148. The number of carbonyl (C=O) groups excluding carboxylic acids is 2.